The van der Waals surface area contributed by atoms with Crippen LogP contribution >= 0.6 is 0 Å². The van der Waals surface area contributed by atoms with Gasteiger partial charge in [0.05, 0.1) is 0 Å². The van der Waals surface area contributed by atoms with Crippen LogP contribution in [-0.4, -0.2) is 11.0 Å². The number of benzene rings is 2. The minimum Gasteiger partial charge on any atom is -0.409 e. The maximum atomic E-state index is 12.7. The van der Waals surface area contributed by atoms with E-state index in [4.69, 9.17) is 10.9 Å². The zero-order valence-electron chi connectivity index (χ0n) is 9.97. The van der Waals surface area contributed by atoms with Crippen LogP contribution in [-0.2, 0) is 0 Å². The molecule has 0 heterocycles. The first-order valence-electron chi connectivity index (χ1n) is 5.54. The molecule has 0 aromatic heterocycles. The van der Waals surface area contributed by atoms with Gasteiger partial charge in [0.2, 0.25) is 0 Å². The SMILES string of the molecule is NC(=NO)c1ccc(C#Cc2ccc(F)cc2)cc1. The summed E-state index contributed by atoms with van der Waals surface area (Å²) in [5, 5.41) is 11.4. The molecular weight excluding hydrogens is 243 g/mol. The van der Waals surface area contributed by atoms with E-state index in [1.165, 1.54) is 12.1 Å². The first-order chi connectivity index (χ1) is 9.19. The van der Waals surface area contributed by atoms with Crippen LogP contribution in [0.15, 0.2) is 53.7 Å². The van der Waals surface area contributed by atoms with Gasteiger partial charge in [0.25, 0.3) is 0 Å². The maximum Gasteiger partial charge on any atom is 0.170 e. The zero-order chi connectivity index (χ0) is 13.7. The van der Waals surface area contributed by atoms with Crippen molar-refractivity contribution in [3.63, 3.8) is 0 Å². The molecule has 0 spiro atoms. The Morgan fingerprint density at radius 2 is 1.42 bits per heavy atom. The monoisotopic (exact) mass is 254 g/mol. The highest BCUT2D eigenvalue weighted by atomic mass is 19.1. The molecule has 3 N–H and O–H groups in total. The van der Waals surface area contributed by atoms with Crippen LogP contribution in [0.3, 0.4) is 0 Å². The highest BCUT2D eigenvalue weighted by Crippen LogP contribution is 2.04. The standard InChI is InChI=1S/C15H11FN2O/c16-14-9-5-12(6-10-14)2-1-11-3-7-13(8-4-11)15(17)18-19/h3-10,19H,(H2,17,18). The minimum absolute atomic E-state index is 0.0537. The molecule has 0 unspecified atom stereocenters. The Morgan fingerprint density at radius 3 is 1.89 bits per heavy atom. The summed E-state index contributed by atoms with van der Waals surface area (Å²) in [7, 11) is 0. The predicted molar refractivity (Wildman–Crippen MR) is 71.3 cm³/mol. The second-order valence-electron chi connectivity index (χ2n) is 3.82. The fourth-order valence-corrected chi connectivity index (χ4v) is 1.46. The molecule has 0 aliphatic carbocycles. The van der Waals surface area contributed by atoms with E-state index in [2.05, 4.69) is 17.0 Å². The van der Waals surface area contributed by atoms with Gasteiger partial charge in [-0.1, -0.05) is 17.0 Å². The Kier molecular flexibility index (Phi) is 3.79. The van der Waals surface area contributed by atoms with E-state index in [9.17, 15) is 4.39 Å². The molecule has 0 atom stereocenters. The zero-order valence-corrected chi connectivity index (χ0v) is 9.97. The number of halogens is 1. The number of hydrogen-bond acceptors (Lipinski definition) is 2. The number of nitrogens with zero attached hydrogens (tertiary/aromatic N) is 1. The van der Waals surface area contributed by atoms with E-state index in [-0.39, 0.29) is 11.7 Å². The summed E-state index contributed by atoms with van der Waals surface area (Å²) in [6, 6.07) is 12.9. The van der Waals surface area contributed by atoms with E-state index in [1.807, 2.05) is 0 Å². The molecule has 0 radical (unpaired) electrons. The molecule has 2 aromatic rings. The van der Waals surface area contributed by atoms with Crippen LogP contribution in [0.25, 0.3) is 0 Å². The maximum absolute atomic E-state index is 12.7. The third-order valence-corrected chi connectivity index (χ3v) is 2.48. The molecule has 0 saturated heterocycles. The molecule has 0 bridgehead atoms. The lowest BCUT2D eigenvalue weighted by Crippen LogP contribution is -2.12. The Balaban J connectivity index is 2.18. The van der Waals surface area contributed by atoms with Gasteiger partial charge in [0.1, 0.15) is 5.82 Å². The summed E-state index contributed by atoms with van der Waals surface area (Å²) in [5.41, 5.74) is 7.60. The van der Waals surface area contributed by atoms with Crippen molar-refractivity contribution in [3.05, 3.63) is 71.0 Å². The normalized spacial score (nSPS) is 10.7. The molecule has 0 fully saturated rings. The van der Waals surface area contributed by atoms with Crippen molar-refractivity contribution in [2.24, 2.45) is 10.9 Å². The van der Waals surface area contributed by atoms with Crippen molar-refractivity contribution in [1.29, 1.82) is 0 Å². The molecule has 2 rings (SSSR count). The number of amidine groups is 1. The number of oxime groups is 1. The molecule has 94 valence electrons. The summed E-state index contributed by atoms with van der Waals surface area (Å²) >= 11 is 0. The number of nitrogens with two attached hydrogens (primary N) is 1. The van der Waals surface area contributed by atoms with Crippen LogP contribution in [0, 0.1) is 17.7 Å². The summed E-state index contributed by atoms with van der Waals surface area (Å²) in [6.45, 7) is 0. The molecule has 0 aliphatic heterocycles. The lowest BCUT2D eigenvalue weighted by molar-refractivity contribution is 0.318. The first kappa shape index (κ1) is 12.7. The fourth-order valence-electron chi connectivity index (χ4n) is 1.46. The van der Waals surface area contributed by atoms with E-state index >= 15 is 0 Å². The van der Waals surface area contributed by atoms with Crippen molar-refractivity contribution in [3.8, 4) is 11.8 Å². The third-order valence-electron chi connectivity index (χ3n) is 2.48. The first-order valence-corrected chi connectivity index (χ1v) is 5.54. The summed E-state index contributed by atoms with van der Waals surface area (Å²) < 4.78 is 12.7. The molecule has 19 heavy (non-hydrogen) atoms. The molecule has 0 saturated carbocycles. The van der Waals surface area contributed by atoms with Crippen molar-refractivity contribution in [2.45, 2.75) is 0 Å². The van der Waals surface area contributed by atoms with Gasteiger partial charge in [-0.05, 0) is 48.5 Å². The highest BCUT2D eigenvalue weighted by Gasteiger charge is 1.97. The van der Waals surface area contributed by atoms with Gasteiger partial charge in [0.15, 0.2) is 5.84 Å². The molecule has 0 aliphatic rings. The van der Waals surface area contributed by atoms with Crippen LogP contribution in [0.5, 0.6) is 0 Å². The molecular formula is C15H11FN2O. The number of hydrogen-bond donors (Lipinski definition) is 2. The highest BCUT2D eigenvalue weighted by molar-refractivity contribution is 5.97. The molecule has 2 aromatic carbocycles. The summed E-state index contributed by atoms with van der Waals surface area (Å²) in [6.07, 6.45) is 0. The predicted octanol–water partition coefficient (Wildman–Crippen LogP) is 2.32. The van der Waals surface area contributed by atoms with Crippen LogP contribution in [0.4, 0.5) is 4.39 Å². The van der Waals surface area contributed by atoms with Crippen LogP contribution < -0.4 is 5.73 Å². The average Bonchev–Trinajstić information content (AvgIpc) is 2.46. The Hall–Kier alpha value is -2.80. The smallest absolute Gasteiger partial charge is 0.170 e. The van der Waals surface area contributed by atoms with Gasteiger partial charge >= 0.3 is 0 Å². The van der Waals surface area contributed by atoms with Gasteiger partial charge in [-0.15, -0.1) is 0 Å². The van der Waals surface area contributed by atoms with Crippen LogP contribution in [0.1, 0.15) is 16.7 Å². The van der Waals surface area contributed by atoms with E-state index in [1.54, 1.807) is 36.4 Å². The van der Waals surface area contributed by atoms with Gasteiger partial charge in [-0.2, -0.15) is 0 Å². The Labute approximate surface area is 110 Å². The van der Waals surface area contributed by atoms with Gasteiger partial charge in [0, 0.05) is 16.7 Å². The van der Waals surface area contributed by atoms with E-state index in [0.717, 1.165) is 11.1 Å². The van der Waals surface area contributed by atoms with E-state index < -0.39 is 0 Å². The largest absolute Gasteiger partial charge is 0.409 e. The minimum atomic E-state index is -0.284. The molecule has 4 heteroatoms. The number of rotatable bonds is 1. The van der Waals surface area contributed by atoms with Gasteiger partial charge < -0.3 is 10.9 Å². The molecule has 0 amide bonds. The lowest BCUT2D eigenvalue weighted by atomic mass is 10.1. The van der Waals surface area contributed by atoms with E-state index in [0.29, 0.717) is 5.56 Å². The Morgan fingerprint density at radius 1 is 0.947 bits per heavy atom. The van der Waals surface area contributed by atoms with Crippen molar-refractivity contribution >= 4 is 5.84 Å². The van der Waals surface area contributed by atoms with Crippen LogP contribution in [0.2, 0.25) is 0 Å². The average molecular weight is 254 g/mol. The van der Waals surface area contributed by atoms with Crippen molar-refractivity contribution < 1.29 is 9.60 Å². The molecule has 3 nitrogen and oxygen atoms in total. The fraction of sp³-hybridized carbons (Fsp3) is 0. The quantitative estimate of drug-likeness (QED) is 0.270. The Bertz CT molecular complexity index is 649. The van der Waals surface area contributed by atoms with Crippen molar-refractivity contribution in [1.82, 2.24) is 0 Å². The third kappa shape index (κ3) is 3.33. The van der Waals surface area contributed by atoms with Crippen molar-refractivity contribution in [2.75, 3.05) is 0 Å². The second kappa shape index (κ2) is 5.69. The van der Waals surface area contributed by atoms with Gasteiger partial charge in [-0.3, -0.25) is 0 Å². The summed E-state index contributed by atoms with van der Waals surface area (Å²) in [5.74, 6) is 5.64. The lowest BCUT2D eigenvalue weighted by Gasteiger charge is -1.97. The second-order valence-corrected chi connectivity index (χ2v) is 3.82. The topological polar surface area (TPSA) is 58.6 Å². The summed E-state index contributed by atoms with van der Waals surface area (Å²) in [4.78, 5) is 0. The van der Waals surface area contributed by atoms with Gasteiger partial charge in [-0.25, -0.2) is 4.39 Å².